The smallest absolute Gasteiger partial charge is 0.266 e. The predicted molar refractivity (Wildman–Crippen MR) is 185 cm³/mol. The highest BCUT2D eigenvalue weighted by molar-refractivity contribution is 7.22. The van der Waals surface area contributed by atoms with E-state index >= 15 is 4.39 Å². The van der Waals surface area contributed by atoms with Gasteiger partial charge in [-0.25, -0.2) is 4.39 Å². The van der Waals surface area contributed by atoms with Crippen molar-refractivity contribution in [1.29, 1.82) is 0 Å². The Hall–Kier alpha value is -4.74. The van der Waals surface area contributed by atoms with E-state index in [-0.39, 0.29) is 35.9 Å². The summed E-state index contributed by atoms with van der Waals surface area (Å²) in [6.07, 6.45) is 4.98. The SMILES string of the molecule is COCCNCc1ccc(-c2cc3nccc(Oc4ccc(CC(=O)c5c(C)ccn(-c6ccccc6)c5=O)cc4F)c3s2)nc1.Cl. The van der Waals surface area contributed by atoms with Gasteiger partial charge < -0.3 is 14.8 Å². The summed E-state index contributed by atoms with van der Waals surface area (Å²) in [5, 5.41) is 3.30. The minimum absolute atomic E-state index is 0. The van der Waals surface area contributed by atoms with Crippen LogP contribution in [0.4, 0.5) is 4.39 Å². The average Bonchev–Trinajstić information content (AvgIpc) is 3.51. The monoisotopic (exact) mass is 670 g/mol. The van der Waals surface area contributed by atoms with E-state index in [1.807, 2.05) is 42.6 Å². The highest BCUT2D eigenvalue weighted by Gasteiger charge is 2.19. The first-order valence-corrected chi connectivity index (χ1v) is 15.5. The number of aryl methyl sites for hydroxylation is 1. The zero-order valence-corrected chi connectivity index (χ0v) is 27.4. The minimum atomic E-state index is -0.616. The van der Waals surface area contributed by atoms with Crippen LogP contribution < -0.4 is 15.6 Å². The Morgan fingerprint density at radius 2 is 1.79 bits per heavy atom. The molecule has 0 spiro atoms. The molecule has 0 saturated heterocycles. The molecule has 2 aromatic carbocycles. The number of methoxy groups -OCH3 is 1. The molecular formula is C36H32ClFN4O4S. The van der Waals surface area contributed by atoms with Crippen LogP contribution in [0.3, 0.4) is 0 Å². The molecule has 0 saturated carbocycles. The molecule has 6 rings (SSSR count). The van der Waals surface area contributed by atoms with Gasteiger partial charge >= 0.3 is 0 Å². The van der Waals surface area contributed by atoms with E-state index in [4.69, 9.17) is 9.47 Å². The van der Waals surface area contributed by atoms with Gasteiger partial charge in [-0.1, -0.05) is 30.3 Å². The van der Waals surface area contributed by atoms with E-state index < -0.39 is 11.4 Å². The number of hydrogen-bond acceptors (Lipinski definition) is 8. The number of para-hydroxylation sites is 1. The first-order chi connectivity index (χ1) is 22.4. The number of rotatable bonds is 12. The molecule has 47 heavy (non-hydrogen) atoms. The fraction of sp³-hybridized carbons (Fsp3) is 0.167. The number of aromatic nitrogens is 3. The number of thiophene rings is 1. The van der Waals surface area contributed by atoms with Crippen molar-refractivity contribution in [3.63, 3.8) is 0 Å². The number of carbonyl (C=O) groups excluding carboxylic acids is 1. The summed E-state index contributed by atoms with van der Waals surface area (Å²) in [4.78, 5) is 36.5. The van der Waals surface area contributed by atoms with Crippen molar-refractivity contribution in [1.82, 2.24) is 19.9 Å². The third kappa shape index (κ3) is 7.64. The number of halogens is 2. The number of ketones is 1. The lowest BCUT2D eigenvalue weighted by Crippen LogP contribution is -2.27. The molecule has 1 N–H and O–H groups in total. The molecule has 6 aromatic rings. The molecule has 0 unspecified atom stereocenters. The van der Waals surface area contributed by atoms with Gasteiger partial charge in [-0.2, -0.15) is 0 Å². The van der Waals surface area contributed by atoms with Crippen molar-refractivity contribution in [2.24, 2.45) is 0 Å². The second kappa shape index (κ2) is 15.2. The van der Waals surface area contributed by atoms with E-state index in [0.717, 1.165) is 27.4 Å². The van der Waals surface area contributed by atoms with Crippen LogP contribution in [0.15, 0.2) is 102 Å². The van der Waals surface area contributed by atoms with Crippen molar-refractivity contribution in [3.05, 3.63) is 136 Å². The van der Waals surface area contributed by atoms with Gasteiger partial charge in [0, 0.05) is 57.0 Å². The normalized spacial score (nSPS) is 11.0. The maximum atomic E-state index is 15.3. The first kappa shape index (κ1) is 33.6. The number of nitrogens with zero attached hydrogens (tertiary/aromatic N) is 3. The fourth-order valence-corrected chi connectivity index (χ4v) is 6.13. The number of ether oxygens (including phenoxy) is 2. The number of fused-ring (bicyclic) bond motifs is 1. The van der Waals surface area contributed by atoms with Crippen LogP contribution >= 0.6 is 23.7 Å². The Labute approximate surface area is 281 Å². The van der Waals surface area contributed by atoms with E-state index in [1.54, 1.807) is 56.8 Å². The predicted octanol–water partition coefficient (Wildman–Crippen LogP) is 7.33. The summed E-state index contributed by atoms with van der Waals surface area (Å²) in [7, 11) is 1.67. The zero-order valence-electron chi connectivity index (χ0n) is 25.7. The van der Waals surface area contributed by atoms with Crippen LogP contribution in [0.1, 0.15) is 27.0 Å². The summed E-state index contributed by atoms with van der Waals surface area (Å²) in [5.74, 6) is -0.518. The maximum Gasteiger partial charge on any atom is 0.266 e. The maximum absolute atomic E-state index is 15.3. The number of pyridine rings is 3. The lowest BCUT2D eigenvalue weighted by molar-refractivity contribution is 0.0990. The van der Waals surface area contributed by atoms with Gasteiger partial charge in [0.15, 0.2) is 17.3 Å². The molecular weight excluding hydrogens is 639 g/mol. The van der Waals surface area contributed by atoms with Gasteiger partial charge in [0.1, 0.15) is 5.75 Å². The average molecular weight is 671 g/mol. The van der Waals surface area contributed by atoms with Gasteiger partial charge in [-0.15, -0.1) is 23.7 Å². The van der Waals surface area contributed by atoms with Crippen molar-refractivity contribution < 1.29 is 18.7 Å². The number of nitrogens with one attached hydrogen (secondary N) is 1. The lowest BCUT2D eigenvalue weighted by atomic mass is 10.0. The van der Waals surface area contributed by atoms with Crippen LogP contribution in [-0.4, -0.2) is 40.6 Å². The second-order valence-electron chi connectivity index (χ2n) is 10.7. The Kier molecular flexibility index (Phi) is 10.9. The molecule has 0 radical (unpaired) electrons. The first-order valence-electron chi connectivity index (χ1n) is 14.7. The molecule has 0 aliphatic rings. The molecule has 4 heterocycles. The number of Topliss-reactive ketones (excluding diaryl/α,β-unsaturated/α-hetero) is 1. The topological polar surface area (TPSA) is 95.3 Å². The second-order valence-corrected chi connectivity index (χ2v) is 11.8. The molecule has 0 aliphatic heterocycles. The summed E-state index contributed by atoms with van der Waals surface area (Å²) >= 11 is 1.46. The molecule has 0 amide bonds. The molecule has 4 aromatic heterocycles. The summed E-state index contributed by atoms with van der Waals surface area (Å²) in [5.41, 5.74) is 3.93. The molecule has 8 nitrogen and oxygen atoms in total. The van der Waals surface area contributed by atoms with E-state index in [2.05, 4.69) is 15.3 Å². The van der Waals surface area contributed by atoms with Gasteiger partial charge in [-0.05, 0) is 66.1 Å². The van der Waals surface area contributed by atoms with E-state index in [0.29, 0.717) is 41.2 Å². The highest BCUT2D eigenvalue weighted by Crippen LogP contribution is 2.39. The lowest BCUT2D eigenvalue weighted by Gasteiger charge is -2.11. The van der Waals surface area contributed by atoms with E-state index in [9.17, 15) is 9.59 Å². The quantitative estimate of drug-likeness (QED) is 0.108. The van der Waals surface area contributed by atoms with Crippen LogP contribution in [0.2, 0.25) is 0 Å². The number of carbonyl (C=O) groups is 1. The van der Waals surface area contributed by atoms with Crippen molar-refractivity contribution >= 4 is 39.7 Å². The van der Waals surface area contributed by atoms with Crippen molar-refractivity contribution in [2.45, 2.75) is 19.9 Å². The minimum Gasteiger partial charge on any atom is -0.453 e. The molecule has 0 fully saturated rings. The van der Waals surface area contributed by atoms with Gasteiger partial charge in [-0.3, -0.25) is 24.1 Å². The Morgan fingerprint density at radius 1 is 0.979 bits per heavy atom. The van der Waals surface area contributed by atoms with Gasteiger partial charge in [0.2, 0.25) is 0 Å². The molecule has 0 atom stereocenters. The van der Waals surface area contributed by atoms with Gasteiger partial charge in [0.25, 0.3) is 5.56 Å². The van der Waals surface area contributed by atoms with E-state index in [1.165, 1.54) is 28.0 Å². The molecule has 11 heteroatoms. The van der Waals surface area contributed by atoms with Crippen LogP contribution in [-0.2, 0) is 17.7 Å². The fourth-order valence-electron chi connectivity index (χ4n) is 5.09. The number of benzene rings is 2. The zero-order chi connectivity index (χ0) is 32.0. The van der Waals surface area contributed by atoms with Crippen molar-refractivity contribution in [3.8, 4) is 27.8 Å². The summed E-state index contributed by atoms with van der Waals surface area (Å²) in [6, 6.07) is 22.9. The van der Waals surface area contributed by atoms with Crippen LogP contribution in [0.25, 0.3) is 26.5 Å². The number of hydrogen-bond donors (Lipinski definition) is 1. The van der Waals surface area contributed by atoms with Crippen LogP contribution in [0.5, 0.6) is 11.5 Å². The van der Waals surface area contributed by atoms with Gasteiger partial charge in [0.05, 0.1) is 33.0 Å². The Morgan fingerprint density at radius 3 is 2.53 bits per heavy atom. The summed E-state index contributed by atoms with van der Waals surface area (Å²) in [6.45, 7) is 3.82. The standard InChI is InChI=1S/C36H31FN4O4S.ClH/c1-23-13-16-41(26-6-4-3-5-7-26)36(43)34(23)30(42)19-24-9-11-31(27(37)18-24)45-32-12-14-39-29-20-33(46-35(29)32)28-10-8-25(22-40-28)21-38-15-17-44-2;/h3-14,16,18,20,22,38H,15,17,19,21H2,1-2H3;1H. The largest absolute Gasteiger partial charge is 0.453 e. The Balaban J connectivity index is 0.00000433. The third-order valence-electron chi connectivity index (χ3n) is 7.46. The Bertz CT molecular complexity index is 2070. The van der Waals surface area contributed by atoms with Crippen molar-refractivity contribution in [2.75, 3.05) is 20.3 Å². The highest BCUT2D eigenvalue weighted by atomic mass is 35.5. The molecule has 0 aliphatic carbocycles. The summed E-state index contributed by atoms with van der Waals surface area (Å²) < 4.78 is 28.6. The third-order valence-corrected chi connectivity index (χ3v) is 8.62. The van der Waals surface area contributed by atoms with Crippen LogP contribution in [0, 0.1) is 12.7 Å². The molecule has 240 valence electrons. The molecule has 0 bridgehead atoms.